The van der Waals surface area contributed by atoms with Gasteiger partial charge < -0.3 is 4.90 Å². The van der Waals surface area contributed by atoms with Gasteiger partial charge in [-0.25, -0.2) is 9.37 Å². The molecule has 0 aliphatic carbocycles. The Labute approximate surface area is 132 Å². The third-order valence-electron chi connectivity index (χ3n) is 3.70. The molecule has 2 aromatic rings. The third kappa shape index (κ3) is 3.46. The molecule has 0 bridgehead atoms. The number of nitro benzene ring substituents is 1. The summed E-state index contributed by atoms with van der Waals surface area (Å²) in [6.45, 7) is 0.558. The lowest BCUT2D eigenvalue weighted by Gasteiger charge is -2.18. The van der Waals surface area contributed by atoms with Gasteiger partial charge >= 0.3 is 0 Å². The minimum atomic E-state index is -1.64. The van der Waals surface area contributed by atoms with Gasteiger partial charge in [-0.05, 0) is 24.1 Å². The lowest BCUT2D eigenvalue weighted by atomic mass is 10.1. The number of pyridine rings is 1. The smallest absolute Gasteiger partial charge is 0.271 e. The van der Waals surface area contributed by atoms with Gasteiger partial charge in [-0.15, -0.1) is 0 Å². The summed E-state index contributed by atoms with van der Waals surface area (Å²) in [5.74, 6) is 5.41. The zero-order chi connectivity index (χ0) is 16.3. The van der Waals surface area contributed by atoms with E-state index in [0.29, 0.717) is 17.9 Å². The maximum atomic E-state index is 14.8. The van der Waals surface area contributed by atoms with Crippen molar-refractivity contribution in [3.63, 3.8) is 0 Å². The van der Waals surface area contributed by atoms with E-state index in [9.17, 15) is 14.5 Å². The highest BCUT2D eigenvalue weighted by molar-refractivity contribution is 5.55. The monoisotopic (exact) mass is 311 g/mol. The van der Waals surface area contributed by atoms with Crippen LogP contribution < -0.4 is 4.90 Å². The number of non-ortho nitro benzene ring substituents is 1. The summed E-state index contributed by atoms with van der Waals surface area (Å²) in [6.07, 6.45) is 1.87. The number of hydrogen-bond donors (Lipinski definition) is 0. The van der Waals surface area contributed by atoms with E-state index in [1.807, 2.05) is 0 Å². The lowest BCUT2D eigenvalue weighted by Crippen LogP contribution is -2.27. The molecule has 0 saturated carbocycles. The average Bonchev–Trinajstić information content (AvgIpc) is 2.97. The largest absolute Gasteiger partial charge is 0.367 e. The normalized spacial score (nSPS) is 20.0. The average molecular weight is 311 g/mol. The second-order valence-corrected chi connectivity index (χ2v) is 5.38. The third-order valence-corrected chi connectivity index (χ3v) is 3.70. The maximum Gasteiger partial charge on any atom is 0.271 e. The molecule has 1 aromatic carbocycles. The minimum Gasteiger partial charge on any atom is -0.367 e. The van der Waals surface area contributed by atoms with Crippen LogP contribution in [0.2, 0.25) is 0 Å². The molecule has 1 fully saturated rings. The zero-order valence-electron chi connectivity index (χ0n) is 12.3. The van der Waals surface area contributed by atoms with Crippen molar-refractivity contribution in [3.8, 4) is 11.8 Å². The highest BCUT2D eigenvalue weighted by atomic mass is 19.1. The first-order valence-electron chi connectivity index (χ1n) is 7.18. The Kier molecular flexibility index (Phi) is 3.94. The Bertz CT molecular complexity index is 785. The van der Waals surface area contributed by atoms with Gasteiger partial charge in [0.15, 0.2) is 5.67 Å². The van der Waals surface area contributed by atoms with Crippen LogP contribution in [0.25, 0.3) is 0 Å². The van der Waals surface area contributed by atoms with Crippen molar-refractivity contribution in [1.29, 1.82) is 0 Å². The predicted molar refractivity (Wildman–Crippen MR) is 84.9 cm³/mol. The minimum absolute atomic E-state index is 0.00146. The van der Waals surface area contributed by atoms with Crippen molar-refractivity contribution in [2.45, 2.75) is 12.1 Å². The molecule has 1 aliphatic rings. The molecular formula is C17H14FN3O2. The SMILES string of the molecule is O=[N+]([O-])c1cccc(N2CCC(F)(C#Cc3ccccn3)C2)c1. The van der Waals surface area contributed by atoms with Crippen molar-refractivity contribution in [1.82, 2.24) is 4.98 Å². The highest BCUT2D eigenvalue weighted by Crippen LogP contribution is 2.31. The van der Waals surface area contributed by atoms with Gasteiger partial charge in [-0.3, -0.25) is 10.1 Å². The number of anilines is 1. The van der Waals surface area contributed by atoms with Crippen LogP contribution in [0.3, 0.4) is 0 Å². The number of alkyl halides is 1. The Morgan fingerprint density at radius 3 is 2.91 bits per heavy atom. The van der Waals surface area contributed by atoms with E-state index in [0.717, 1.165) is 0 Å². The fourth-order valence-electron chi connectivity index (χ4n) is 2.51. The lowest BCUT2D eigenvalue weighted by molar-refractivity contribution is -0.384. The standard InChI is InChI=1S/C17H14FN3O2/c18-17(8-7-14-4-1-2-10-19-14)9-11-20(13-17)15-5-3-6-16(12-15)21(22)23/h1-6,10,12H,9,11,13H2. The molecular weight excluding hydrogens is 297 g/mol. The molecule has 0 spiro atoms. The van der Waals surface area contributed by atoms with Crippen LogP contribution in [-0.4, -0.2) is 28.7 Å². The van der Waals surface area contributed by atoms with Gasteiger partial charge in [0.1, 0.15) is 5.69 Å². The van der Waals surface area contributed by atoms with E-state index in [4.69, 9.17) is 0 Å². The summed E-state index contributed by atoms with van der Waals surface area (Å²) >= 11 is 0. The van der Waals surface area contributed by atoms with Crippen LogP contribution in [-0.2, 0) is 0 Å². The van der Waals surface area contributed by atoms with E-state index >= 15 is 0 Å². The molecule has 1 atom stereocenters. The fraction of sp³-hybridized carbons (Fsp3) is 0.235. The molecule has 1 aromatic heterocycles. The molecule has 0 amide bonds. The van der Waals surface area contributed by atoms with Crippen molar-refractivity contribution in [2.75, 3.05) is 18.0 Å². The van der Waals surface area contributed by atoms with Crippen LogP contribution in [0.5, 0.6) is 0 Å². The zero-order valence-corrected chi connectivity index (χ0v) is 12.3. The van der Waals surface area contributed by atoms with Crippen molar-refractivity contribution in [3.05, 3.63) is 64.5 Å². The maximum absolute atomic E-state index is 14.8. The summed E-state index contributed by atoms with van der Waals surface area (Å²) in [7, 11) is 0. The molecule has 1 unspecified atom stereocenters. The van der Waals surface area contributed by atoms with Crippen molar-refractivity contribution >= 4 is 11.4 Å². The Balaban J connectivity index is 1.76. The molecule has 5 nitrogen and oxygen atoms in total. The van der Waals surface area contributed by atoms with E-state index in [1.165, 1.54) is 12.1 Å². The van der Waals surface area contributed by atoms with E-state index in [1.54, 1.807) is 41.4 Å². The summed E-state index contributed by atoms with van der Waals surface area (Å²) in [5, 5.41) is 10.8. The first-order valence-corrected chi connectivity index (χ1v) is 7.18. The fourth-order valence-corrected chi connectivity index (χ4v) is 2.51. The van der Waals surface area contributed by atoms with E-state index in [2.05, 4.69) is 16.8 Å². The second-order valence-electron chi connectivity index (χ2n) is 5.38. The Morgan fingerprint density at radius 2 is 2.17 bits per heavy atom. The van der Waals surface area contributed by atoms with Crippen LogP contribution in [0, 0.1) is 22.0 Å². The van der Waals surface area contributed by atoms with Gasteiger partial charge in [0.05, 0.1) is 11.5 Å². The number of benzene rings is 1. The summed E-state index contributed by atoms with van der Waals surface area (Å²) in [4.78, 5) is 16.2. The molecule has 23 heavy (non-hydrogen) atoms. The number of aromatic nitrogens is 1. The Morgan fingerprint density at radius 1 is 1.30 bits per heavy atom. The molecule has 0 radical (unpaired) electrons. The Hall–Kier alpha value is -2.94. The van der Waals surface area contributed by atoms with Crippen molar-refractivity contribution < 1.29 is 9.31 Å². The molecule has 3 rings (SSSR count). The van der Waals surface area contributed by atoms with E-state index in [-0.39, 0.29) is 18.7 Å². The summed E-state index contributed by atoms with van der Waals surface area (Å²) < 4.78 is 14.8. The number of nitrogens with zero attached hydrogens (tertiary/aromatic N) is 3. The molecule has 2 heterocycles. The topological polar surface area (TPSA) is 59.3 Å². The molecule has 0 N–H and O–H groups in total. The summed E-state index contributed by atoms with van der Waals surface area (Å²) in [6, 6.07) is 11.5. The van der Waals surface area contributed by atoms with Gasteiger partial charge in [0.2, 0.25) is 0 Å². The number of hydrogen-bond acceptors (Lipinski definition) is 4. The first kappa shape index (κ1) is 15.0. The predicted octanol–water partition coefficient (Wildman–Crippen LogP) is 2.96. The van der Waals surface area contributed by atoms with Crippen LogP contribution in [0.15, 0.2) is 48.7 Å². The van der Waals surface area contributed by atoms with E-state index < -0.39 is 10.6 Å². The van der Waals surface area contributed by atoms with Crippen molar-refractivity contribution in [2.24, 2.45) is 0 Å². The van der Waals surface area contributed by atoms with Crippen LogP contribution >= 0.6 is 0 Å². The van der Waals surface area contributed by atoms with Crippen LogP contribution in [0.4, 0.5) is 15.8 Å². The first-order chi connectivity index (χ1) is 11.1. The summed E-state index contributed by atoms with van der Waals surface area (Å²) in [5.41, 5.74) is -0.475. The quantitative estimate of drug-likeness (QED) is 0.486. The second kappa shape index (κ2) is 6.05. The van der Waals surface area contributed by atoms with Crippen LogP contribution in [0.1, 0.15) is 12.1 Å². The highest BCUT2D eigenvalue weighted by Gasteiger charge is 2.37. The number of nitro groups is 1. The number of halogens is 1. The molecule has 6 heteroatoms. The van der Waals surface area contributed by atoms with Gasteiger partial charge in [-0.1, -0.05) is 18.1 Å². The number of rotatable bonds is 2. The van der Waals surface area contributed by atoms with Gasteiger partial charge in [0, 0.05) is 37.0 Å². The molecule has 1 aliphatic heterocycles. The molecule has 1 saturated heterocycles. The van der Waals surface area contributed by atoms with Gasteiger partial charge in [-0.2, -0.15) is 0 Å². The van der Waals surface area contributed by atoms with Gasteiger partial charge in [0.25, 0.3) is 5.69 Å². The molecule has 116 valence electrons.